The molecule has 0 unspecified atom stereocenters. The van der Waals surface area contributed by atoms with Crippen molar-refractivity contribution in [1.82, 2.24) is 15.6 Å². The molecule has 0 saturated heterocycles. The Morgan fingerprint density at radius 2 is 2.08 bits per heavy atom. The molecule has 24 heavy (non-hydrogen) atoms. The Bertz CT molecular complexity index is 502. The lowest BCUT2D eigenvalue weighted by atomic mass is 10.2. The van der Waals surface area contributed by atoms with E-state index in [4.69, 9.17) is 4.74 Å². The normalized spacial score (nSPS) is 15.2. The minimum absolute atomic E-state index is 0. The molecule has 1 aromatic rings. The van der Waals surface area contributed by atoms with Crippen molar-refractivity contribution in [3.63, 3.8) is 0 Å². The van der Waals surface area contributed by atoms with E-state index in [1.807, 2.05) is 18.3 Å². The van der Waals surface area contributed by atoms with Crippen LogP contribution in [0.25, 0.3) is 0 Å². The summed E-state index contributed by atoms with van der Waals surface area (Å²) in [6.45, 7) is 8.84. The van der Waals surface area contributed by atoms with Crippen LogP contribution in [0.4, 0.5) is 0 Å². The van der Waals surface area contributed by atoms with Crippen molar-refractivity contribution >= 4 is 29.9 Å². The second-order valence-electron chi connectivity index (χ2n) is 6.50. The summed E-state index contributed by atoms with van der Waals surface area (Å²) in [5, 5.41) is 6.63. The van der Waals surface area contributed by atoms with E-state index in [2.05, 4.69) is 41.4 Å². The summed E-state index contributed by atoms with van der Waals surface area (Å²) in [6, 6.07) is 4.00. The Morgan fingerprint density at radius 1 is 1.33 bits per heavy atom. The summed E-state index contributed by atoms with van der Waals surface area (Å²) in [5.74, 6) is 2.17. The van der Waals surface area contributed by atoms with Crippen molar-refractivity contribution in [2.24, 2.45) is 10.9 Å². The molecule has 1 heterocycles. The number of halogens is 1. The summed E-state index contributed by atoms with van der Waals surface area (Å²) >= 11 is 0. The summed E-state index contributed by atoms with van der Waals surface area (Å²) < 4.78 is 5.96. The standard InChI is InChI=1S/C18H30N4O.HI/c1-4-19-18(21-12-14(2)3)22-13-15-9-10-20-17(11-15)23-16-7-5-6-8-16;/h9-11,14,16H,4-8,12-13H2,1-3H3,(H2,19,21,22);1H. The maximum Gasteiger partial charge on any atom is 0.213 e. The zero-order valence-corrected chi connectivity index (χ0v) is 17.4. The molecule has 0 spiro atoms. The number of ether oxygens (including phenoxy) is 1. The van der Waals surface area contributed by atoms with Crippen molar-refractivity contribution in [2.45, 2.75) is 59.1 Å². The molecule has 2 N–H and O–H groups in total. The second-order valence-corrected chi connectivity index (χ2v) is 6.50. The number of hydrogen-bond acceptors (Lipinski definition) is 3. The summed E-state index contributed by atoms with van der Waals surface area (Å²) in [5.41, 5.74) is 1.12. The number of guanidine groups is 1. The van der Waals surface area contributed by atoms with Gasteiger partial charge in [-0.3, -0.25) is 0 Å². The Morgan fingerprint density at radius 3 is 2.75 bits per heavy atom. The molecule has 0 amide bonds. The van der Waals surface area contributed by atoms with Gasteiger partial charge in [0.15, 0.2) is 5.96 Å². The Kier molecular flexibility index (Phi) is 10.1. The largest absolute Gasteiger partial charge is 0.474 e. The van der Waals surface area contributed by atoms with Crippen LogP contribution in [0.2, 0.25) is 0 Å². The minimum atomic E-state index is 0. The molecule has 0 radical (unpaired) electrons. The first-order valence-electron chi connectivity index (χ1n) is 8.81. The van der Waals surface area contributed by atoms with E-state index in [9.17, 15) is 0 Å². The van der Waals surface area contributed by atoms with Crippen LogP contribution in [-0.2, 0) is 6.54 Å². The maximum atomic E-state index is 5.96. The van der Waals surface area contributed by atoms with E-state index in [1.54, 1.807) is 0 Å². The lowest BCUT2D eigenvalue weighted by Crippen LogP contribution is -2.39. The third-order valence-electron chi connectivity index (χ3n) is 3.83. The molecule has 136 valence electrons. The van der Waals surface area contributed by atoms with E-state index in [0.29, 0.717) is 18.6 Å². The molecule has 6 heteroatoms. The maximum absolute atomic E-state index is 5.96. The zero-order valence-electron chi connectivity index (χ0n) is 15.0. The number of nitrogens with one attached hydrogen (secondary N) is 2. The predicted octanol–water partition coefficient (Wildman–Crippen LogP) is 3.73. The molecule has 1 aromatic heterocycles. The number of pyridine rings is 1. The molecule has 1 aliphatic carbocycles. The number of nitrogens with zero attached hydrogens (tertiary/aromatic N) is 2. The van der Waals surface area contributed by atoms with Gasteiger partial charge in [-0.2, -0.15) is 0 Å². The van der Waals surface area contributed by atoms with Gasteiger partial charge in [-0.15, -0.1) is 24.0 Å². The minimum Gasteiger partial charge on any atom is -0.474 e. The quantitative estimate of drug-likeness (QED) is 0.381. The third kappa shape index (κ3) is 7.68. The monoisotopic (exact) mass is 446 g/mol. The van der Waals surface area contributed by atoms with Crippen LogP contribution in [0.15, 0.2) is 23.3 Å². The summed E-state index contributed by atoms with van der Waals surface area (Å²) in [7, 11) is 0. The zero-order chi connectivity index (χ0) is 16.5. The van der Waals surface area contributed by atoms with Crippen LogP contribution < -0.4 is 15.4 Å². The van der Waals surface area contributed by atoms with Gasteiger partial charge >= 0.3 is 0 Å². The first kappa shape index (κ1) is 21.0. The lowest BCUT2D eigenvalue weighted by Gasteiger charge is -2.14. The summed E-state index contributed by atoms with van der Waals surface area (Å²) in [4.78, 5) is 8.96. The molecule has 1 fully saturated rings. The number of aliphatic imine (C=N–C) groups is 1. The summed E-state index contributed by atoms with van der Waals surface area (Å²) in [6.07, 6.45) is 6.97. The van der Waals surface area contributed by atoms with Gasteiger partial charge in [0, 0.05) is 25.4 Å². The number of aromatic nitrogens is 1. The van der Waals surface area contributed by atoms with Crippen molar-refractivity contribution in [3.05, 3.63) is 23.9 Å². The molecule has 0 atom stereocenters. The number of rotatable bonds is 7. The average molecular weight is 446 g/mol. The number of hydrogen-bond donors (Lipinski definition) is 2. The molecule has 0 aromatic carbocycles. The highest BCUT2D eigenvalue weighted by Crippen LogP contribution is 2.23. The first-order valence-corrected chi connectivity index (χ1v) is 8.81. The fraction of sp³-hybridized carbons (Fsp3) is 0.667. The SMILES string of the molecule is CCNC(=NCc1ccnc(OC2CCCC2)c1)NCC(C)C.I. The molecule has 5 nitrogen and oxygen atoms in total. The van der Waals surface area contributed by atoms with E-state index < -0.39 is 0 Å². The van der Waals surface area contributed by atoms with E-state index in [1.165, 1.54) is 12.8 Å². The van der Waals surface area contributed by atoms with E-state index in [-0.39, 0.29) is 24.0 Å². The third-order valence-corrected chi connectivity index (χ3v) is 3.83. The van der Waals surface area contributed by atoms with Crippen LogP contribution in [0.3, 0.4) is 0 Å². The van der Waals surface area contributed by atoms with Gasteiger partial charge in [0.2, 0.25) is 5.88 Å². The van der Waals surface area contributed by atoms with Gasteiger partial charge in [0.05, 0.1) is 6.54 Å². The Labute approximate surface area is 163 Å². The molecule has 1 saturated carbocycles. The molecule has 2 rings (SSSR count). The van der Waals surface area contributed by atoms with E-state index >= 15 is 0 Å². The van der Waals surface area contributed by atoms with Crippen LogP contribution in [-0.4, -0.2) is 30.1 Å². The lowest BCUT2D eigenvalue weighted by molar-refractivity contribution is 0.201. The molecule has 1 aliphatic rings. The van der Waals surface area contributed by atoms with Crippen LogP contribution in [0.5, 0.6) is 5.88 Å². The fourth-order valence-electron chi connectivity index (χ4n) is 2.60. The smallest absolute Gasteiger partial charge is 0.213 e. The average Bonchev–Trinajstić information content (AvgIpc) is 3.03. The van der Waals surface area contributed by atoms with Gasteiger partial charge in [0.25, 0.3) is 0 Å². The molecule has 0 aliphatic heterocycles. The molecule has 0 bridgehead atoms. The van der Waals surface area contributed by atoms with Crippen molar-refractivity contribution < 1.29 is 4.74 Å². The van der Waals surface area contributed by atoms with Gasteiger partial charge in [0.1, 0.15) is 6.10 Å². The van der Waals surface area contributed by atoms with Gasteiger partial charge in [-0.25, -0.2) is 9.98 Å². The Hall–Kier alpha value is -1.05. The van der Waals surface area contributed by atoms with Gasteiger partial charge in [-0.1, -0.05) is 13.8 Å². The molecular weight excluding hydrogens is 415 g/mol. The predicted molar refractivity (Wildman–Crippen MR) is 110 cm³/mol. The van der Waals surface area contributed by atoms with Gasteiger partial charge in [-0.05, 0) is 50.2 Å². The first-order chi connectivity index (χ1) is 11.2. The second kappa shape index (κ2) is 11.5. The molecular formula is C18H31IN4O. The van der Waals surface area contributed by atoms with Crippen LogP contribution in [0, 0.1) is 5.92 Å². The van der Waals surface area contributed by atoms with Crippen LogP contribution >= 0.6 is 24.0 Å². The van der Waals surface area contributed by atoms with Crippen molar-refractivity contribution in [1.29, 1.82) is 0 Å². The van der Waals surface area contributed by atoms with E-state index in [0.717, 1.165) is 43.3 Å². The van der Waals surface area contributed by atoms with Crippen LogP contribution in [0.1, 0.15) is 52.0 Å². The topological polar surface area (TPSA) is 58.5 Å². The Balaban J connectivity index is 0.00000288. The van der Waals surface area contributed by atoms with Crippen molar-refractivity contribution in [3.8, 4) is 5.88 Å². The highest BCUT2D eigenvalue weighted by atomic mass is 127. The highest BCUT2D eigenvalue weighted by Gasteiger charge is 2.16. The fourth-order valence-corrected chi connectivity index (χ4v) is 2.60. The van der Waals surface area contributed by atoms with Gasteiger partial charge < -0.3 is 15.4 Å². The highest BCUT2D eigenvalue weighted by molar-refractivity contribution is 14.0. The van der Waals surface area contributed by atoms with Crippen molar-refractivity contribution in [2.75, 3.05) is 13.1 Å².